The number of anilines is 1. The van der Waals surface area contributed by atoms with E-state index in [1.54, 1.807) is 6.20 Å². The van der Waals surface area contributed by atoms with Crippen LogP contribution in [0.4, 0.5) is 17.2 Å². The van der Waals surface area contributed by atoms with Gasteiger partial charge in [-0.3, -0.25) is 14.9 Å². The van der Waals surface area contributed by atoms with Crippen molar-refractivity contribution in [1.29, 1.82) is 0 Å². The van der Waals surface area contributed by atoms with E-state index in [0.717, 1.165) is 23.5 Å². The second kappa shape index (κ2) is 10.6. The van der Waals surface area contributed by atoms with Crippen molar-refractivity contribution < 1.29 is 14.8 Å². The lowest BCUT2D eigenvalue weighted by molar-refractivity contribution is -0.384. The van der Waals surface area contributed by atoms with Crippen molar-refractivity contribution in [3.63, 3.8) is 0 Å². The van der Waals surface area contributed by atoms with Gasteiger partial charge in [0, 0.05) is 50.1 Å². The van der Waals surface area contributed by atoms with E-state index in [0.29, 0.717) is 27.9 Å². The standard InChI is InChI=1S/C27H28N6O4/c1-18(34)32-23-16-21(33(36)37)11-12-22(23)25(27(32)35)26(19-8-6-5-7-9-19)29-20-10-13-24(28-17-20)31(4)15-14-30(2)3/h5-13,16-17,35H,14-15H2,1-4H3. The summed E-state index contributed by atoms with van der Waals surface area (Å²) in [4.78, 5) is 36.8. The molecular formula is C27H28N6O4. The van der Waals surface area contributed by atoms with Crippen LogP contribution in [0.25, 0.3) is 10.9 Å². The quantitative estimate of drug-likeness (QED) is 0.215. The lowest BCUT2D eigenvalue weighted by atomic mass is 10.0. The number of hydrogen-bond acceptors (Lipinski definition) is 8. The van der Waals surface area contributed by atoms with Gasteiger partial charge >= 0.3 is 0 Å². The Balaban J connectivity index is 1.87. The molecule has 0 aliphatic rings. The lowest BCUT2D eigenvalue weighted by Gasteiger charge is -2.20. The molecule has 2 heterocycles. The van der Waals surface area contributed by atoms with E-state index in [-0.39, 0.29) is 17.1 Å². The van der Waals surface area contributed by atoms with Crippen LogP contribution in [-0.2, 0) is 0 Å². The van der Waals surface area contributed by atoms with Gasteiger partial charge in [-0.05, 0) is 32.3 Å². The molecule has 0 saturated heterocycles. The zero-order valence-corrected chi connectivity index (χ0v) is 21.1. The fourth-order valence-electron chi connectivity index (χ4n) is 4.05. The van der Waals surface area contributed by atoms with E-state index in [2.05, 4.69) is 9.88 Å². The van der Waals surface area contributed by atoms with Gasteiger partial charge in [0.05, 0.1) is 33.6 Å². The van der Waals surface area contributed by atoms with Crippen LogP contribution < -0.4 is 4.90 Å². The van der Waals surface area contributed by atoms with Crippen LogP contribution in [0.2, 0.25) is 0 Å². The molecule has 4 rings (SSSR count). The SMILES string of the molecule is CC(=O)n1c(O)c(C(=Nc2ccc(N(C)CCN(C)C)nc2)c2ccccc2)c2ccc([N+](=O)[O-])cc21. The molecule has 0 aliphatic carbocycles. The maximum Gasteiger partial charge on any atom is 0.271 e. The smallest absolute Gasteiger partial charge is 0.271 e. The summed E-state index contributed by atoms with van der Waals surface area (Å²) in [7, 11) is 6.00. The van der Waals surface area contributed by atoms with E-state index >= 15 is 0 Å². The zero-order chi connectivity index (χ0) is 26.7. The number of pyridine rings is 1. The Hall–Kier alpha value is -4.57. The van der Waals surface area contributed by atoms with Gasteiger partial charge in [-0.1, -0.05) is 30.3 Å². The highest BCUT2D eigenvalue weighted by molar-refractivity contribution is 6.23. The molecule has 0 atom stereocenters. The van der Waals surface area contributed by atoms with E-state index in [4.69, 9.17) is 4.99 Å². The summed E-state index contributed by atoms with van der Waals surface area (Å²) in [6.45, 7) is 2.98. The number of fused-ring (bicyclic) bond motifs is 1. The number of non-ortho nitro benzene ring substituents is 1. The molecule has 2 aromatic carbocycles. The number of aromatic nitrogens is 2. The van der Waals surface area contributed by atoms with Gasteiger partial charge in [0.15, 0.2) is 0 Å². The first-order valence-corrected chi connectivity index (χ1v) is 11.7. The van der Waals surface area contributed by atoms with Gasteiger partial charge < -0.3 is 14.9 Å². The fourth-order valence-corrected chi connectivity index (χ4v) is 4.05. The second-order valence-electron chi connectivity index (χ2n) is 8.94. The summed E-state index contributed by atoms with van der Waals surface area (Å²) in [5.74, 6) is -0.0163. The third kappa shape index (κ3) is 5.34. The lowest BCUT2D eigenvalue weighted by Crippen LogP contribution is -2.28. The molecule has 0 saturated carbocycles. The van der Waals surface area contributed by atoms with Crippen molar-refractivity contribution in [1.82, 2.24) is 14.5 Å². The molecule has 1 N–H and O–H groups in total. The van der Waals surface area contributed by atoms with E-state index in [1.165, 1.54) is 25.1 Å². The molecule has 190 valence electrons. The first-order chi connectivity index (χ1) is 17.7. The van der Waals surface area contributed by atoms with Gasteiger partial charge in [-0.2, -0.15) is 0 Å². The Morgan fingerprint density at radius 3 is 2.41 bits per heavy atom. The molecule has 2 aromatic heterocycles. The third-order valence-electron chi connectivity index (χ3n) is 5.98. The number of likely N-dealkylation sites (N-methyl/N-ethyl adjacent to an activating group) is 2. The Morgan fingerprint density at radius 2 is 1.81 bits per heavy atom. The zero-order valence-electron chi connectivity index (χ0n) is 21.1. The average molecular weight is 501 g/mol. The molecule has 0 unspecified atom stereocenters. The highest BCUT2D eigenvalue weighted by Gasteiger charge is 2.25. The molecule has 37 heavy (non-hydrogen) atoms. The molecule has 4 aromatic rings. The van der Waals surface area contributed by atoms with Crippen LogP contribution in [0.1, 0.15) is 22.8 Å². The highest BCUT2D eigenvalue weighted by atomic mass is 16.6. The monoisotopic (exact) mass is 500 g/mol. The normalized spacial score (nSPS) is 11.8. The van der Waals surface area contributed by atoms with E-state index < -0.39 is 10.8 Å². The number of nitro groups is 1. The number of benzene rings is 2. The summed E-state index contributed by atoms with van der Waals surface area (Å²) in [5, 5.41) is 23.1. The minimum Gasteiger partial charge on any atom is -0.494 e. The van der Waals surface area contributed by atoms with Crippen molar-refractivity contribution in [2.75, 3.05) is 39.1 Å². The second-order valence-corrected chi connectivity index (χ2v) is 8.94. The predicted molar refractivity (Wildman–Crippen MR) is 144 cm³/mol. The van der Waals surface area contributed by atoms with Crippen LogP contribution in [0.3, 0.4) is 0 Å². The minimum absolute atomic E-state index is 0.185. The number of aromatic hydroxyl groups is 1. The van der Waals surface area contributed by atoms with Gasteiger partial charge in [-0.15, -0.1) is 0 Å². The van der Waals surface area contributed by atoms with Crippen LogP contribution in [0, 0.1) is 10.1 Å². The predicted octanol–water partition coefficient (Wildman–Crippen LogP) is 4.48. The summed E-state index contributed by atoms with van der Waals surface area (Å²) in [6, 6.07) is 17.1. The number of nitro benzene ring substituents is 1. The van der Waals surface area contributed by atoms with Crippen LogP contribution in [-0.4, -0.2) is 70.3 Å². The number of rotatable bonds is 8. The topological polar surface area (TPSA) is 117 Å². The fraction of sp³-hybridized carbons (Fsp3) is 0.222. The van der Waals surface area contributed by atoms with Gasteiger partial charge in [0.1, 0.15) is 5.82 Å². The van der Waals surface area contributed by atoms with Gasteiger partial charge in [0.2, 0.25) is 11.8 Å². The molecular weight excluding hydrogens is 472 g/mol. The molecule has 0 spiro atoms. The highest BCUT2D eigenvalue weighted by Crippen LogP contribution is 2.36. The minimum atomic E-state index is -0.539. The van der Waals surface area contributed by atoms with Crippen molar-refractivity contribution in [3.8, 4) is 5.88 Å². The Morgan fingerprint density at radius 1 is 1.08 bits per heavy atom. The summed E-state index contributed by atoms with van der Waals surface area (Å²) in [6.07, 6.45) is 1.65. The first-order valence-electron chi connectivity index (χ1n) is 11.7. The Bertz CT molecular complexity index is 1480. The number of hydrogen-bond donors (Lipinski definition) is 1. The molecule has 0 bridgehead atoms. The number of nitrogens with zero attached hydrogens (tertiary/aromatic N) is 6. The number of carbonyl (C=O) groups excluding carboxylic acids is 1. The third-order valence-corrected chi connectivity index (χ3v) is 5.98. The summed E-state index contributed by atoms with van der Waals surface area (Å²) < 4.78 is 1.07. The summed E-state index contributed by atoms with van der Waals surface area (Å²) >= 11 is 0. The first kappa shape index (κ1) is 25.5. The Labute approximate surface area is 214 Å². The number of aliphatic imine (C=N–C) groups is 1. The van der Waals surface area contributed by atoms with Crippen molar-refractivity contribution in [3.05, 3.63) is 88.1 Å². The van der Waals surface area contributed by atoms with Crippen LogP contribution >= 0.6 is 0 Å². The average Bonchev–Trinajstić information content (AvgIpc) is 3.17. The molecule has 0 aliphatic heterocycles. The summed E-state index contributed by atoms with van der Waals surface area (Å²) in [5.41, 5.74) is 2.01. The molecule has 0 fully saturated rings. The largest absolute Gasteiger partial charge is 0.494 e. The Kier molecular flexibility index (Phi) is 7.30. The van der Waals surface area contributed by atoms with Gasteiger partial charge in [0.25, 0.3) is 5.69 Å². The van der Waals surface area contributed by atoms with E-state index in [9.17, 15) is 20.0 Å². The number of carbonyl (C=O) groups is 1. The van der Waals surface area contributed by atoms with E-state index in [1.807, 2.05) is 68.5 Å². The molecule has 0 radical (unpaired) electrons. The van der Waals surface area contributed by atoms with Gasteiger partial charge in [-0.25, -0.2) is 14.5 Å². The maximum absolute atomic E-state index is 12.5. The van der Waals surface area contributed by atoms with Crippen molar-refractivity contribution in [2.24, 2.45) is 4.99 Å². The molecule has 10 nitrogen and oxygen atoms in total. The van der Waals surface area contributed by atoms with Crippen molar-refractivity contribution >= 4 is 39.7 Å². The molecule has 0 amide bonds. The van der Waals surface area contributed by atoms with Crippen LogP contribution in [0.5, 0.6) is 5.88 Å². The van der Waals surface area contributed by atoms with Crippen LogP contribution in [0.15, 0.2) is 71.9 Å². The van der Waals surface area contributed by atoms with Crippen molar-refractivity contribution in [2.45, 2.75) is 6.92 Å². The maximum atomic E-state index is 12.5. The molecule has 10 heteroatoms.